The van der Waals surface area contributed by atoms with Crippen molar-refractivity contribution in [2.24, 2.45) is 0 Å². The van der Waals surface area contributed by atoms with E-state index in [1.165, 1.54) is 0 Å². The Balaban J connectivity index is 1.67. The number of hydrogen-bond donors (Lipinski definition) is 1. The van der Waals surface area contributed by atoms with Gasteiger partial charge in [0.15, 0.2) is 0 Å². The molecule has 0 aromatic heterocycles. The topological polar surface area (TPSA) is 58.6 Å². The first-order valence-electron chi connectivity index (χ1n) is 9.05. The number of rotatable bonds is 5. The van der Waals surface area contributed by atoms with Gasteiger partial charge in [-0.3, -0.25) is 4.79 Å². The van der Waals surface area contributed by atoms with Crippen LogP contribution >= 0.6 is 0 Å². The van der Waals surface area contributed by atoms with Gasteiger partial charge in [0.1, 0.15) is 12.6 Å². The summed E-state index contributed by atoms with van der Waals surface area (Å²) >= 11 is 0. The fraction of sp³-hybridized carbons (Fsp3) is 0.333. The number of nitrogens with one attached hydrogen (secondary N) is 1. The van der Waals surface area contributed by atoms with Crippen molar-refractivity contribution in [3.8, 4) is 0 Å². The second-order valence-electron chi connectivity index (χ2n) is 6.44. The molecule has 136 valence electrons. The van der Waals surface area contributed by atoms with E-state index in [2.05, 4.69) is 5.32 Å². The van der Waals surface area contributed by atoms with E-state index in [0.717, 1.165) is 43.5 Å². The Morgan fingerprint density at radius 3 is 2.19 bits per heavy atom. The van der Waals surface area contributed by atoms with Gasteiger partial charge in [0.25, 0.3) is 0 Å². The van der Waals surface area contributed by atoms with E-state index in [4.69, 9.17) is 4.74 Å². The van der Waals surface area contributed by atoms with Crippen molar-refractivity contribution < 1.29 is 14.3 Å². The number of nitrogens with zero attached hydrogens (tertiary/aromatic N) is 1. The molecule has 5 nitrogen and oxygen atoms in total. The molecule has 5 heteroatoms. The number of benzene rings is 2. The van der Waals surface area contributed by atoms with Crippen LogP contribution in [0.15, 0.2) is 60.7 Å². The normalized spacial score (nSPS) is 15.2. The summed E-state index contributed by atoms with van der Waals surface area (Å²) in [5, 5.41) is 2.75. The minimum absolute atomic E-state index is 0.0763. The highest BCUT2D eigenvalue weighted by atomic mass is 16.5. The average Bonchev–Trinajstić information content (AvgIpc) is 2.72. The number of carbonyl (C=O) groups excluding carboxylic acids is 2. The highest BCUT2D eigenvalue weighted by Crippen LogP contribution is 2.19. The standard InChI is InChI=1S/C21H24N2O3/c24-20(23-14-8-3-9-15-23)19(18-12-6-2-7-13-18)22-21(25)26-16-17-10-4-1-5-11-17/h1-2,4-7,10-13,19H,3,8-9,14-16H2,(H,22,25)/t19-/m1/s1. The Bertz CT molecular complexity index is 713. The molecule has 1 fully saturated rings. The van der Waals surface area contributed by atoms with Gasteiger partial charge in [-0.2, -0.15) is 0 Å². The fourth-order valence-corrected chi connectivity index (χ4v) is 3.11. The number of amides is 2. The first-order chi connectivity index (χ1) is 12.7. The third-order valence-electron chi connectivity index (χ3n) is 4.52. The molecule has 1 saturated heterocycles. The highest BCUT2D eigenvalue weighted by molar-refractivity contribution is 5.87. The lowest BCUT2D eigenvalue weighted by Crippen LogP contribution is -2.45. The quantitative estimate of drug-likeness (QED) is 0.893. The SMILES string of the molecule is O=C(N[C@@H](C(=O)N1CCCCC1)c1ccccc1)OCc1ccccc1. The first-order valence-corrected chi connectivity index (χ1v) is 9.05. The second kappa shape index (κ2) is 9.04. The zero-order valence-electron chi connectivity index (χ0n) is 14.8. The summed E-state index contributed by atoms with van der Waals surface area (Å²) in [5.74, 6) is -0.0763. The maximum absolute atomic E-state index is 13.0. The van der Waals surface area contributed by atoms with E-state index in [1.54, 1.807) is 0 Å². The molecule has 1 aliphatic rings. The largest absolute Gasteiger partial charge is 0.445 e. The molecule has 0 bridgehead atoms. The molecule has 1 aliphatic heterocycles. The fourth-order valence-electron chi connectivity index (χ4n) is 3.11. The van der Waals surface area contributed by atoms with Crippen LogP contribution in [0.3, 0.4) is 0 Å². The van der Waals surface area contributed by atoms with Crippen LogP contribution in [0.25, 0.3) is 0 Å². The van der Waals surface area contributed by atoms with Crippen molar-refractivity contribution in [1.82, 2.24) is 10.2 Å². The smallest absolute Gasteiger partial charge is 0.408 e. The third kappa shape index (κ3) is 4.85. The Kier molecular flexibility index (Phi) is 6.25. The number of piperidine rings is 1. The summed E-state index contributed by atoms with van der Waals surface area (Å²) in [6.07, 6.45) is 2.57. The predicted octanol–water partition coefficient (Wildman–Crippen LogP) is 3.67. The number of likely N-dealkylation sites (tertiary alicyclic amines) is 1. The van der Waals surface area contributed by atoms with E-state index in [9.17, 15) is 9.59 Å². The van der Waals surface area contributed by atoms with Crippen LogP contribution in [0.1, 0.15) is 36.4 Å². The van der Waals surface area contributed by atoms with Crippen LogP contribution in [0.2, 0.25) is 0 Å². The van der Waals surface area contributed by atoms with E-state index >= 15 is 0 Å². The molecule has 0 aliphatic carbocycles. The summed E-state index contributed by atoms with van der Waals surface area (Å²) in [7, 11) is 0. The van der Waals surface area contributed by atoms with Gasteiger partial charge in [-0.05, 0) is 30.4 Å². The molecule has 0 spiro atoms. The van der Waals surface area contributed by atoms with Crippen molar-refractivity contribution in [2.45, 2.75) is 31.9 Å². The summed E-state index contributed by atoms with van der Waals surface area (Å²) in [6, 6.07) is 18.1. The molecule has 0 radical (unpaired) electrons. The molecule has 3 rings (SSSR count). The van der Waals surface area contributed by atoms with Crippen LogP contribution in [0.4, 0.5) is 4.79 Å². The minimum atomic E-state index is -0.724. The van der Waals surface area contributed by atoms with Gasteiger partial charge >= 0.3 is 6.09 Å². The van der Waals surface area contributed by atoms with E-state index in [-0.39, 0.29) is 12.5 Å². The molecule has 1 heterocycles. The second-order valence-corrected chi connectivity index (χ2v) is 6.44. The zero-order chi connectivity index (χ0) is 18.2. The maximum atomic E-state index is 13.0. The molecule has 2 aromatic carbocycles. The van der Waals surface area contributed by atoms with Crippen LogP contribution in [-0.2, 0) is 16.1 Å². The van der Waals surface area contributed by atoms with Gasteiger partial charge in [0.05, 0.1) is 0 Å². The van der Waals surface area contributed by atoms with Crippen molar-refractivity contribution >= 4 is 12.0 Å². The van der Waals surface area contributed by atoms with Gasteiger partial charge in [-0.1, -0.05) is 60.7 Å². The van der Waals surface area contributed by atoms with Crippen LogP contribution in [0.5, 0.6) is 0 Å². The maximum Gasteiger partial charge on any atom is 0.408 e. The van der Waals surface area contributed by atoms with E-state index in [1.807, 2.05) is 65.6 Å². The Labute approximate surface area is 154 Å². The molecule has 2 amide bonds. The molecule has 0 saturated carbocycles. The lowest BCUT2D eigenvalue weighted by Gasteiger charge is -2.30. The van der Waals surface area contributed by atoms with Crippen LogP contribution in [-0.4, -0.2) is 30.0 Å². The first kappa shape index (κ1) is 18.0. The van der Waals surface area contributed by atoms with Crippen LogP contribution in [0, 0.1) is 0 Å². The monoisotopic (exact) mass is 352 g/mol. The van der Waals surface area contributed by atoms with Crippen molar-refractivity contribution in [1.29, 1.82) is 0 Å². The lowest BCUT2D eigenvalue weighted by molar-refractivity contribution is -0.134. The van der Waals surface area contributed by atoms with Gasteiger partial charge in [0.2, 0.25) is 5.91 Å². The summed E-state index contributed by atoms with van der Waals surface area (Å²) < 4.78 is 5.30. The third-order valence-corrected chi connectivity index (χ3v) is 4.52. The zero-order valence-corrected chi connectivity index (χ0v) is 14.8. The van der Waals surface area contributed by atoms with Crippen molar-refractivity contribution in [3.05, 3.63) is 71.8 Å². The van der Waals surface area contributed by atoms with Gasteiger partial charge in [-0.15, -0.1) is 0 Å². The van der Waals surface area contributed by atoms with Crippen molar-refractivity contribution in [2.75, 3.05) is 13.1 Å². The Morgan fingerprint density at radius 2 is 1.54 bits per heavy atom. The van der Waals surface area contributed by atoms with Crippen LogP contribution < -0.4 is 5.32 Å². The molecular formula is C21H24N2O3. The number of alkyl carbamates (subject to hydrolysis) is 1. The molecule has 1 N–H and O–H groups in total. The summed E-state index contributed by atoms with van der Waals surface area (Å²) in [6.45, 7) is 1.65. The summed E-state index contributed by atoms with van der Waals surface area (Å²) in [4.78, 5) is 27.1. The number of ether oxygens (including phenoxy) is 1. The van der Waals surface area contributed by atoms with Gasteiger partial charge in [0, 0.05) is 13.1 Å². The molecule has 0 unspecified atom stereocenters. The predicted molar refractivity (Wildman–Crippen MR) is 99.4 cm³/mol. The van der Waals surface area contributed by atoms with E-state index in [0.29, 0.717) is 0 Å². The minimum Gasteiger partial charge on any atom is -0.445 e. The molecule has 1 atom stereocenters. The van der Waals surface area contributed by atoms with E-state index < -0.39 is 12.1 Å². The summed E-state index contributed by atoms with van der Waals surface area (Å²) in [5.41, 5.74) is 1.67. The number of hydrogen-bond acceptors (Lipinski definition) is 3. The highest BCUT2D eigenvalue weighted by Gasteiger charge is 2.28. The Morgan fingerprint density at radius 1 is 0.923 bits per heavy atom. The molecule has 2 aromatic rings. The van der Waals surface area contributed by atoms with Gasteiger partial charge in [-0.25, -0.2) is 4.79 Å². The molecule has 26 heavy (non-hydrogen) atoms. The van der Waals surface area contributed by atoms with Gasteiger partial charge < -0.3 is 15.0 Å². The average molecular weight is 352 g/mol. The number of carbonyl (C=O) groups is 2. The molecular weight excluding hydrogens is 328 g/mol. The van der Waals surface area contributed by atoms with Crippen molar-refractivity contribution in [3.63, 3.8) is 0 Å². The Hall–Kier alpha value is -2.82. The lowest BCUT2D eigenvalue weighted by atomic mass is 10.0.